The van der Waals surface area contributed by atoms with Gasteiger partial charge in [0.15, 0.2) is 5.65 Å². The Morgan fingerprint density at radius 2 is 1.94 bits per heavy atom. The number of fused-ring (bicyclic) bond motifs is 1. The average molecular weight is 443 g/mol. The number of nitrogens with one attached hydrogen (secondary N) is 1. The first-order valence-corrected chi connectivity index (χ1v) is 11.9. The van der Waals surface area contributed by atoms with Crippen LogP contribution < -0.4 is 0 Å². The number of hydrogen-bond acceptors (Lipinski definition) is 5. The first-order chi connectivity index (χ1) is 16.1. The predicted octanol–water partition coefficient (Wildman–Crippen LogP) is 4.75. The van der Waals surface area contributed by atoms with Gasteiger partial charge in [-0.25, -0.2) is 9.50 Å². The molecule has 33 heavy (non-hydrogen) atoms. The van der Waals surface area contributed by atoms with E-state index in [0.29, 0.717) is 18.0 Å². The van der Waals surface area contributed by atoms with Crippen LogP contribution in [0.15, 0.2) is 42.9 Å². The maximum Gasteiger partial charge on any atom is 0.158 e. The lowest BCUT2D eigenvalue weighted by atomic mass is 9.93. The number of rotatable bonds is 5. The van der Waals surface area contributed by atoms with Gasteiger partial charge in [-0.15, -0.1) is 0 Å². The SMILES string of the molecule is Cc1cc(-c2n[nH]c(-c3ccc(C4CCCN4C4COC4)cc3)c2C(C)C)cn2ncnc12. The fourth-order valence-electron chi connectivity index (χ4n) is 5.45. The zero-order valence-corrected chi connectivity index (χ0v) is 19.5. The van der Waals surface area contributed by atoms with E-state index < -0.39 is 0 Å². The second-order valence-corrected chi connectivity index (χ2v) is 9.66. The molecule has 2 aliphatic heterocycles. The van der Waals surface area contributed by atoms with Gasteiger partial charge in [-0.05, 0) is 55.0 Å². The molecule has 0 saturated carbocycles. The summed E-state index contributed by atoms with van der Waals surface area (Å²) in [5.41, 5.74) is 8.91. The van der Waals surface area contributed by atoms with E-state index in [4.69, 9.17) is 9.84 Å². The Morgan fingerprint density at radius 3 is 2.67 bits per heavy atom. The van der Waals surface area contributed by atoms with Crippen LogP contribution in [0.2, 0.25) is 0 Å². The Labute approximate surface area is 193 Å². The Bertz CT molecular complexity index is 1280. The molecule has 6 rings (SSSR count). The second kappa shape index (κ2) is 8.08. The summed E-state index contributed by atoms with van der Waals surface area (Å²) in [5, 5.41) is 12.4. The molecule has 0 bridgehead atoms. The molecule has 1 N–H and O–H groups in total. The van der Waals surface area contributed by atoms with Crippen molar-refractivity contribution < 1.29 is 4.74 Å². The van der Waals surface area contributed by atoms with Crippen molar-refractivity contribution in [3.8, 4) is 22.5 Å². The van der Waals surface area contributed by atoms with Crippen molar-refractivity contribution >= 4 is 5.65 Å². The summed E-state index contributed by atoms with van der Waals surface area (Å²) in [7, 11) is 0. The topological polar surface area (TPSA) is 71.3 Å². The highest BCUT2D eigenvalue weighted by molar-refractivity contribution is 5.76. The molecule has 1 unspecified atom stereocenters. The standard InChI is InChI=1S/C26H30N6O/c1-16(2)23-24(29-30-25(23)20-11-17(3)26-27-15-28-32(26)12-20)19-8-6-18(7-9-19)22-5-4-10-31(22)21-13-33-14-21/h6-9,11-12,15-16,21-22H,4-5,10,13-14H2,1-3H3,(H,29,30). The molecule has 0 aliphatic carbocycles. The molecule has 2 fully saturated rings. The Morgan fingerprint density at radius 1 is 1.12 bits per heavy atom. The van der Waals surface area contributed by atoms with Crippen molar-refractivity contribution in [2.45, 2.75) is 51.6 Å². The van der Waals surface area contributed by atoms with Crippen LogP contribution in [0.3, 0.4) is 0 Å². The van der Waals surface area contributed by atoms with Gasteiger partial charge >= 0.3 is 0 Å². The highest BCUT2D eigenvalue weighted by Gasteiger charge is 2.35. The molecule has 1 atom stereocenters. The van der Waals surface area contributed by atoms with Crippen molar-refractivity contribution in [2.24, 2.45) is 0 Å². The zero-order valence-electron chi connectivity index (χ0n) is 19.5. The summed E-state index contributed by atoms with van der Waals surface area (Å²) in [6, 6.07) is 12.3. The molecule has 0 radical (unpaired) electrons. The Hall–Kier alpha value is -3.03. The lowest BCUT2D eigenvalue weighted by Gasteiger charge is -2.38. The third-order valence-corrected chi connectivity index (χ3v) is 7.18. The van der Waals surface area contributed by atoms with Crippen molar-refractivity contribution in [3.63, 3.8) is 0 Å². The number of benzene rings is 1. The first kappa shape index (κ1) is 20.6. The number of likely N-dealkylation sites (tertiary alicyclic amines) is 1. The summed E-state index contributed by atoms with van der Waals surface area (Å²) < 4.78 is 7.28. The number of aromatic nitrogens is 5. The summed E-state index contributed by atoms with van der Waals surface area (Å²) in [6.07, 6.45) is 6.10. The van der Waals surface area contributed by atoms with Crippen LogP contribution in [0.4, 0.5) is 0 Å². The molecule has 5 heterocycles. The number of aryl methyl sites for hydroxylation is 1. The number of pyridine rings is 1. The van der Waals surface area contributed by atoms with Gasteiger partial charge in [-0.3, -0.25) is 10.00 Å². The third-order valence-electron chi connectivity index (χ3n) is 7.18. The summed E-state index contributed by atoms with van der Waals surface area (Å²) in [6.45, 7) is 9.45. The van der Waals surface area contributed by atoms with Gasteiger partial charge < -0.3 is 4.74 Å². The molecule has 2 saturated heterocycles. The molecular formula is C26H30N6O. The van der Waals surface area contributed by atoms with Gasteiger partial charge in [-0.2, -0.15) is 10.2 Å². The largest absolute Gasteiger partial charge is 0.378 e. The maximum absolute atomic E-state index is 5.45. The molecule has 0 amide bonds. The molecule has 7 nitrogen and oxygen atoms in total. The fraction of sp³-hybridized carbons (Fsp3) is 0.423. The lowest BCUT2D eigenvalue weighted by Crippen LogP contribution is -2.48. The van der Waals surface area contributed by atoms with Crippen molar-refractivity contribution in [2.75, 3.05) is 19.8 Å². The van der Waals surface area contributed by atoms with Gasteiger partial charge in [0.1, 0.15) is 6.33 Å². The minimum absolute atomic E-state index is 0.323. The van der Waals surface area contributed by atoms with Gasteiger partial charge in [0, 0.05) is 23.4 Å². The number of H-pyrrole nitrogens is 1. The van der Waals surface area contributed by atoms with Crippen LogP contribution in [0.5, 0.6) is 0 Å². The smallest absolute Gasteiger partial charge is 0.158 e. The molecule has 3 aromatic heterocycles. The van der Waals surface area contributed by atoms with E-state index in [0.717, 1.165) is 41.4 Å². The van der Waals surface area contributed by atoms with Crippen LogP contribution in [-0.2, 0) is 4.74 Å². The van der Waals surface area contributed by atoms with Gasteiger partial charge in [0.2, 0.25) is 0 Å². The predicted molar refractivity (Wildman–Crippen MR) is 128 cm³/mol. The van der Waals surface area contributed by atoms with E-state index in [1.165, 1.54) is 36.1 Å². The van der Waals surface area contributed by atoms with Crippen molar-refractivity contribution in [3.05, 3.63) is 59.5 Å². The quantitative estimate of drug-likeness (QED) is 0.483. The Kier molecular flexibility index (Phi) is 5.03. The number of nitrogens with zero attached hydrogens (tertiary/aromatic N) is 5. The average Bonchev–Trinajstić information content (AvgIpc) is 3.52. The van der Waals surface area contributed by atoms with Crippen molar-refractivity contribution in [1.29, 1.82) is 0 Å². The molecule has 1 aromatic carbocycles. The third kappa shape index (κ3) is 3.47. The van der Waals surface area contributed by atoms with Crippen LogP contribution in [0, 0.1) is 6.92 Å². The van der Waals surface area contributed by atoms with E-state index in [2.05, 4.69) is 71.2 Å². The van der Waals surface area contributed by atoms with Crippen LogP contribution >= 0.6 is 0 Å². The lowest BCUT2D eigenvalue weighted by molar-refractivity contribution is -0.0697. The van der Waals surface area contributed by atoms with Gasteiger partial charge in [0.05, 0.1) is 30.6 Å². The second-order valence-electron chi connectivity index (χ2n) is 9.66. The zero-order chi connectivity index (χ0) is 22.5. The molecule has 4 aromatic rings. The van der Waals surface area contributed by atoms with Crippen LogP contribution in [-0.4, -0.2) is 55.5 Å². The molecule has 170 valence electrons. The minimum Gasteiger partial charge on any atom is -0.378 e. The summed E-state index contributed by atoms with van der Waals surface area (Å²) in [5.74, 6) is 0.323. The van der Waals surface area contributed by atoms with Gasteiger partial charge in [-0.1, -0.05) is 38.1 Å². The van der Waals surface area contributed by atoms with E-state index in [-0.39, 0.29) is 0 Å². The molecule has 2 aliphatic rings. The number of hydrogen-bond donors (Lipinski definition) is 1. The number of ether oxygens (including phenoxy) is 1. The molecule has 0 spiro atoms. The van der Waals surface area contributed by atoms with E-state index in [9.17, 15) is 0 Å². The summed E-state index contributed by atoms with van der Waals surface area (Å²) in [4.78, 5) is 6.98. The van der Waals surface area contributed by atoms with Crippen molar-refractivity contribution in [1.82, 2.24) is 29.7 Å². The van der Waals surface area contributed by atoms with Gasteiger partial charge in [0.25, 0.3) is 0 Å². The van der Waals surface area contributed by atoms with Crippen LogP contribution in [0.1, 0.15) is 55.3 Å². The summed E-state index contributed by atoms with van der Waals surface area (Å²) >= 11 is 0. The van der Waals surface area contributed by atoms with E-state index >= 15 is 0 Å². The Balaban J connectivity index is 1.35. The van der Waals surface area contributed by atoms with E-state index in [1.807, 2.05) is 10.7 Å². The maximum atomic E-state index is 5.45. The van der Waals surface area contributed by atoms with Crippen LogP contribution in [0.25, 0.3) is 28.2 Å². The highest BCUT2D eigenvalue weighted by atomic mass is 16.5. The highest BCUT2D eigenvalue weighted by Crippen LogP contribution is 2.38. The fourth-order valence-corrected chi connectivity index (χ4v) is 5.45. The minimum atomic E-state index is 0.323. The van der Waals surface area contributed by atoms with E-state index in [1.54, 1.807) is 6.33 Å². The number of aromatic amines is 1. The normalized spacial score (nSPS) is 19.6. The molecule has 7 heteroatoms. The monoisotopic (exact) mass is 442 g/mol. The molecular weight excluding hydrogens is 412 g/mol. The first-order valence-electron chi connectivity index (χ1n) is 11.9.